The van der Waals surface area contributed by atoms with Crippen molar-refractivity contribution in [3.8, 4) is 0 Å². The van der Waals surface area contributed by atoms with Crippen LogP contribution < -0.4 is 10.2 Å². The Bertz CT molecular complexity index is 676. The molecule has 1 saturated heterocycles. The molecule has 0 bridgehead atoms. The van der Waals surface area contributed by atoms with E-state index in [0.717, 1.165) is 17.9 Å². The van der Waals surface area contributed by atoms with Gasteiger partial charge in [0, 0.05) is 38.8 Å². The molecule has 1 N–H and O–H groups in total. The van der Waals surface area contributed by atoms with E-state index in [-0.39, 0.29) is 30.8 Å². The molecule has 0 saturated carbocycles. The number of rotatable bonds is 4. The molecule has 0 radical (unpaired) electrons. The second-order valence-corrected chi connectivity index (χ2v) is 6.39. The van der Waals surface area contributed by atoms with Crippen molar-refractivity contribution in [2.45, 2.75) is 12.3 Å². The molecule has 2 heterocycles. The Morgan fingerprint density at radius 2 is 1.96 bits per heavy atom. The number of nitrogens with one attached hydrogen (secondary N) is 1. The summed E-state index contributed by atoms with van der Waals surface area (Å²) in [6, 6.07) is 7.77. The Balaban J connectivity index is 1.58. The summed E-state index contributed by atoms with van der Waals surface area (Å²) in [6.45, 7) is 1.27. The van der Waals surface area contributed by atoms with Crippen molar-refractivity contribution in [3.05, 3.63) is 29.8 Å². The molecular weight excluding hydrogens is 308 g/mol. The van der Waals surface area contributed by atoms with E-state index in [9.17, 15) is 14.4 Å². The van der Waals surface area contributed by atoms with E-state index in [1.165, 1.54) is 16.2 Å². The fraction of sp³-hybridized carbons (Fsp3) is 0.471. The second kappa shape index (κ2) is 6.51. The summed E-state index contributed by atoms with van der Waals surface area (Å²) < 4.78 is 0. The fourth-order valence-electron chi connectivity index (χ4n) is 3.28. The number of benzene rings is 1. The smallest absolute Gasteiger partial charge is 0.327 e. The summed E-state index contributed by atoms with van der Waals surface area (Å²) in [4.78, 5) is 40.2. The van der Waals surface area contributed by atoms with Gasteiger partial charge in [0.15, 0.2) is 0 Å². The summed E-state index contributed by atoms with van der Waals surface area (Å²) in [5, 5.41) is 2.87. The number of urea groups is 1. The van der Waals surface area contributed by atoms with E-state index in [0.29, 0.717) is 6.54 Å². The van der Waals surface area contributed by atoms with Crippen LogP contribution in [0.15, 0.2) is 24.3 Å². The van der Waals surface area contributed by atoms with Gasteiger partial charge in [-0.1, -0.05) is 18.2 Å². The molecule has 24 heavy (non-hydrogen) atoms. The highest BCUT2D eigenvalue weighted by Crippen LogP contribution is 2.33. The topological polar surface area (TPSA) is 73.0 Å². The number of nitrogens with zero attached hydrogens (tertiary/aromatic N) is 3. The largest absolute Gasteiger partial charge is 0.374 e. The van der Waals surface area contributed by atoms with E-state index < -0.39 is 6.03 Å². The Morgan fingerprint density at radius 3 is 2.67 bits per heavy atom. The zero-order chi connectivity index (χ0) is 17.3. The van der Waals surface area contributed by atoms with E-state index in [1.807, 2.05) is 12.1 Å². The van der Waals surface area contributed by atoms with Crippen LogP contribution in [0.2, 0.25) is 0 Å². The summed E-state index contributed by atoms with van der Waals surface area (Å²) in [5.74, 6) is -0.389. The highest BCUT2D eigenvalue weighted by atomic mass is 16.2. The minimum Gasteiger partial charge on any atom is -0.374 e. The van der Waals surface area contributed by atoms with Gasteiger partial charge in [-0.2, -0.15) is 0 Å². The van der Waals surface area contributed by atoms with Gasteiger partial charge in [-0.05, 0) is 18.1 Å². The van der Waals surface area contributed by atoms with Gasteiger partial charge in [-0.3, -0.25) is 14.5 Å². The zero-order valence-electron chi connectivity index (χ0n) is 14.0. The number of fused-ring (bicyclic) bond motifs is 1. The lowest BCUT2D eigenvalue weighted by Crippen LogP contribution is -2.42. The zero-order valence-corrected chi connectivity index (χ0v) is 14.0. The first kappa shape index (κ1) is 16.3. The number of hydrogen-bond acceptors (Lipinski definition) is 4. The normalized spacial score (nSPS) is 20.4. The third-order valence-electron chi connectivity index (χ3n) is 4.68. The molecule has 0 spiro atoms. The van der Waals surface area contributed by atoms with Crippen LogP contribution in [0.25, 0.3) is 0 Å². The molecule has 7 nitrogen and oxygen atoms in total. The van der Waals surface area contributed by atoms with Gasteiger partial charge < -0.3 is 15.1 Å². The lowest BCUT2D eigenvalue weighted by molar-refractivity contribution is -0.130. The van der Waals surface area contributed by atoms with Crippen molar-refractivity contribution in [2.75, 3.05) is 45.2 Å². The van der Waals surface area contributed by atoms with E-state index in [4.69, 9.17) is 0 Å². The third-order valence-corrected chi connectivity index (χ3v) is 4.68. The van der Waals surface area contributed by atoms with Gasteiger partial charge in [0.25, 0.3) is 5.91 Å². The molecule has 128 valence electrons. The number of anilines is 1. The van der Waals surface area contributed by atoms with Crippen LogP contribution >= 0.6 is 0 Å². The predicted octanol–water partition coefficient (Wildman–Crippen LogP) is 0.620. The van der Waals surface area contributed by atoms with Crippen molar-refractivity contribution in [1.82, 2.24) is 15.1 Å². The number of para-hydroxylation sites is 1. The average molecular weight is 330 g/mol. The molecule has 2 aliphatic rings. The number of carbonyl (C=O) groups excluding carboxylic acids is 3. The summed E-state index contributed by atoms with van der Waals surface area (Å²) in [7, 11) is 3.61. The molecule has 1 aromatic rings. The number of likely N-dealkylation sites (N-methyl/N-ethyl adjacent to an activating group) is 1. The maximum absolute atomic E-state index is 12.1. The second-order valence-electron chi connectivity index (χ2n) is 6.39. The summed E-state index contributed by atoms with van der Waals surface area (Å²) in [6.07, 6.45) is 0.956. The van der Waals surface area contributed by atoms with E-state index in [2.05, 4.69) is 29.4 Å². The molecular formula is C17H22N4O3. The molecule has 1 unspecified atom stereocenters. The Kier molecular flexibility index (Phi) is 4.42. The maximum Gasteiger partial charge on any atom is 0.327 e. The van der Waals surface area contributed by atoms with Crippen LogP contribution in [-0.2, 0) is 9.59 Å². The molecule has 0 aromatic heterocycles. The Labute approximate surface area is 141 Å². The van der Waals surface area contributed by atoms with Crippen molar-refractivity contribution in [2.24, 2.45) is 0 Å². The SMILES string of the molecule is CN1CC(=O)N(CC(=O)NCC2CCN(C)c3ccccc32)C1=O. The summed E-state index contributed by atoms with van der Waals surface area (Å²) in [5.41, 5.74) is 2.41. The molecule has 2 aliphatic heterocycles. The van der Waals surface area contributed by atoms with Crippen LogP contribution in [0.3, 0.4) is 0 Å². The summed E-state index contributed by atoms with van der Waals surface area (Å²) >= 11 is 0. The van der Waals surface area contributed by atoms with Gasteiger partial charge in [-0.15, -0.1) is 0 Å². The van der Waals surface area contributed by atoms with Crippen LogP contribution in [0.4, 0.5) is 10.5 Å². The molecule has 0 aliphatic carbocycles. The van der Waals surface area contributed by atoms with E-state index >= 15 is 0 Å². The van der Waals surface area contributed by atoms with Gasteiger partial charge in [0.2, 0.25) is 5.91 Å². The number of hydrogen-bond donors (Lipinski definition) is 1. The molecule has 1 aromatic carbocycles. The highest BCUT2D eigenvalue weighted by Gasteiger charge is 2.34. The van der Waals surface area contributed by atoms with Gasteiger partial charge >= 0.3 is 6.03 Å². The molecule has 1 fully saturated rings. The lowest BCUT2D eigenvalue weighted by Gasteiger charge is -2.33. The first-order chi connectivity index (χ1) is 11.5. The minimum atomic E-state index is -0.417. The molecule has 1 atom stereocenters. The monoisotopic (exact) mass is 330 g/mol. The van der Waals surface area contributed by atoms with Crippen LogP contribution in [-0.4, -0.2) is 67.9 Å². The predicted molar refractivity (Wildman–Crippen MR) is 89.8 cm³/mol. The minimum absolute atomic E-state index is 0.0362. The molecule has 3 rings (SSSR count). The number of imide groups is 1. The average Bonchev–Trinajstić information content (AvgIpc) is 2.81. The van der Waals surface area contributed by atoms with Crippen LogP contribution in [0.1, 0.15) is 17.9 Å². The molecule has 4 amide bonds. The maximum atomic E-state index is 12.1. The number of carbonyl (C=O) groups is 3. The Hall–Kier alpha value is -2.57. The van der Waals surface area contributed by atoms with Crippen molar-refractivity contribution < 1.29 is 14.4 Å². The van der Waals surface area contributed by atoms with Crippen molar-refractivity contribution >= 4 is 23.5 Å². The van der Waals surface area contributed by atoms with Gasteiger partial charge in [-0.25, -0.2) is 4.79 Å². The van der Waals surface area contributed by atoms with Crippen molar-refractivity contribution in [3.63, 3.8) is 0 Å². The first-order valence-electron chi connectivity index (χ1n) is 8.09. The number of amides is 4. The highest BCUT2D eigenvalue weighted by molar-refractivity contribution is 6.04. The Morgan fingerprint density at radius 1 is 1.21 bits per heavy atom. The standard InChI is InChI=1S/C17H22N4O3/c1-19-8-7-12(13-5-3-4-6-14(13)19)9-18-15(22)10-21-16(23)11-20(2)17(21)24/h3-6,12H,7-11H2,1-2H3,(H,18,22). The van der Waals surface area contributed by atoms with Crippen LogP contribution in [0, 0.1) is 0 Å². The lowest BCUT2D eigenvalue weighted by atomic mass is 9.90. The molecule has 7 heteroatoms. The van der Waals surface area contributed by atoms with Crippen molar-refractivity contribution in [1.29, 1.82) is 0 Å². The van der Waals surface area contributed by atoms with Gasteiger partial charge in [0.05, 0.1) is 0 Å². The van der Waals surface area contributed by atoms with E-state index in [1.54, 1.807) is 7.05 Å². The first-order valence-corrected chi connectivity index (χ1v) is 8.09. The fourth-order valence-corrected chi connectivity index (χ4v) is 3.28. The van der Waals surface area contributed by atoms with Crippen LogP contribution in [0.5, 0.6) is 0 Å². The quantitative estimate of drug-likeness (QED) is 0.822. The third kappa shape index (κ3) is 3.06. The van der Waals surface area contributed by atoms with Gasteiger partial charge in [0.1, 0.15) is 13.1 Å².